The number of aromatic nitrogens is 5. The zero-order valence-corrected chi connectivity index (χ0v) is 13.6. The van der Waals surface area contributed by atoms with Crippen LogP contribution in [0.5, 0.6) is 0 Å². The number of nitrogens with zero attached hydrogens (tertiary/aromatic N) is 7. The predicted molar refractivity (Wildman–Crippen MR) is 81.1 cm³/mol. The van der Waals surface area contributed by atoms with Crippen LogP contribution >= 0.6 is 11.6 Å². The minimum absolute atomic E-state index is 0.0826. The molecule has 0 aliphatic carbocycles. The summed E-state index contributed by atoms with van der Waals surface area (Å²) in [4.78, 5) is 0. The fourth-order valence-corrected chi connectivity index (χ4v) is 2.73. The Hall–Kier alpha value is -1.92. The average molecular weight is 358 g/mol. The average Bonchev–Trinajstić information content (AvgIpc) is 3.08. The van der Waals surface area contributed by atoms with Gasteiger partial charge in [-0.05, 0) is 16.1 Å². The van der Waals surface area contributed by atoms with Crippen LogP contribution in [0.15, 0.2) is 0 Å². The third kappa shape index (κ3) is 2.50. The van der Waals surface area contributed by atoms with Crippen LogP contribution in [0.1, 0.15) is 19.4 Å². The van der Waals surface area contributed by atoms with Crippen LogP contribution in [-0.2, 0) is 5.54 Å². The summed E-state index contributed by atoms with van der Waals surface area (Å²) in [6.07, 6.45) is -3.31. The Balaban J connectivity index is 2.04. The van der Waals surface area contributed by atoms with E-state index in [1.54, 1.807) is 13.8 Å². The lowest BCUT2D eigenvalue weighted by molar-refractivity contribution is -0.551. The molecule has 11 nitrogen and oxygen atoms in total. The van der Waals surface area contributed by atoms with Crippen molar-refractivity contribution < 1.29 is 25.1 Å². The highest BCUT2D eigenvalue weighted by Crippen LogP contribution is 2.48. The van der Waals surface area contributed by atoms with E-state index in [0.29, 0.717) is 16.9 Å². The molecule has 3 rings (SSSR count). The Morgan fingerprint density at radius 1 is 1.38 bits per heavy atom. The molecule has 3 heterocycles. The molecule has 4 N–H and O–H groups in total. The van der Waals surface area contributed by atoms with Crippen LogP contribution in [0.4, 0.5) is 5.69 Å². The highest BCUT2D eigenvalue weighted by atomic mass is 35.5. The number of rotatable bonds is 4. The lowest BCUT2D eigenvalue weighted by Gasteiger charge is -2.23. The smallest absolute Gasteiger partial charge is 0.209 e. The molecule has 0 fully saturated rings. The maximum Gasteiger partial charge on any atom is 0.209 e. The number of hydrogen-bond donors (Lipinski definition) is 4. The molecule has 1 aliphatic rings. The molecule has 0 unspecified atom stereocenters. The topological polar surface area (TPSA) is 154 Å². The summed E-state index contributed by atoms with van der Waals surface area (Å²) in [6, 6.07) is 0. The molecule has 0 bridgehead atoms. The molecule has 0 saturated carbocycles. The van der Waals surface area contributed by atoms with Crippen LogP contribution in [-0.4, -0.2) is 81.5 Å². The van der Waals surface area contributed by atoms with E-state index in [4.69, 9.17) is 16.7 Å². The number of aliphatic hydroxyl groups excluding tert-OH is 4. The van der Waals surface area contributed by atoms with E-state index in [1.165, 1.54) is 15.5 Å². The summed E-state index contributed by atoms with van der Waals surface area (Å²) in [6.45, 7) is 2.91. The van der Waals surface area contributed by atoms with Crippen molar-refractivity contribution in [3.63, 3.8) is 0 Å². The molecule has 0 radical (unpaired) electrons. The summed E-state index contributed by atoms with van der Waals surface area (Å²) in [5.74, 6) is 0. The third-order valence-electron chi connectivity index (χ3n) is 3.91. The van der Waals surface area contributed by atoms with Crippen LogP contribution in [0.25, 0.3) is 11.1 Å². The second-order valence-corrected chi connectivity index (χ2v) is 6.25. The molecule has 3 atom stereocenters. The van der Waals surface area contributed by atoms with Gasteiger partial charge in [0.2, 0.25) is 5.65 Å². The van der Waals surface area contributed by atoms with Gasteiger partial charge in [-0.1, -0.05) is 11.6 Å². The van der Waals surface area contributed by atoms with Crippen LogP contribution in [0, 0.1) is 0 Å². The second-order valence-electron chi connectivity index (χ2n) is 5.89. The summed E-state index contributed by atoms with van der Waals surface area (Å²) in [5.41, 5.74) is 4.82. The molecular formula is C12H16ClN7O4. The van der Waals surface area contributed by atoms with Crippen molar-refractivity contribution in [3.8, 4) is 0 Å². The maximum atomic E-state index is 10.1. The van der Waals surface area contributed by atoms with E-state index in [2.05, 4.69) is 26.0 Å². The van der Waals surface area contributed by atoms with Gasteiger partial charge in [-0.15, -0.1) is 14.8 Å². The van der Waals surface area contributed by atoms with Gasteiger partial charge in [-0.2, -0.15) is 0 Å². The number of aliphatic hydroxyl groups is 4. The quantitative estimate of drug-likeness (QED) is 0.482. The largest absolute Gasteiger partial charge is 0.406 e. The van der Waals surface area contributed by atoms with E-state index >= 15 is 0 Å². The molecule has 2 aromatic rings. The molecule has 0 aromatic carbocycles. The molecule has 2 aromatic heterocycles. The molecule has 0 amide bonds. The first-order chi connectivity index (χ1) is 11.3. The minimum Gasteiger partial charge on any atom is -0.406 e. The van der Waals surface area contributed by atoms with Gasteiger partial charge in [-0.3, -0.25) is 4.68 Å². The molecular weight excluding hydrogens is 342 g/mol. The number of halogens is 1. The van der Waals surface area contributed by atoms with Gasteiger partial charge in [0.05, 0.1) is 12.2 Å². The SMILES string of the molecule is CC1(C)c2c(c(Cl)nn3nnnc23)[N-]/[N+]1=C/[C@H](O)[C@H](O)[C@H](O)CO. The number of hydrogen-bond acceptors (Lipinski definition) is 8. The van der Waals surface area contributed by atoms with Crippen molar-refractivity contribution in [2.24, 2.45) is 0 Å². The monoisotopic (exact) mass is 357 g/mol. The highest BCUT2D eigenvalue weighted by molar-refractivity contribution is 6.32. The lowest BCUT2D eigenvalue weighted by Crippen LogP contribution is -2.43. The normalized spacial score (nSPS) is 21.5. The molecule has 1 aliphatic heterocycles. The maximum absolute atomic E-state index is 10.1. The Morgan fingerprint density at radius 2 is 2.08 bits per heavy atom. The minimum atomic E-state index is -1.58. The second kappa shape index (κ2) is 5.86. The Kier molecular flexibility index (Phi) is 4.13. The molecule has 12 heteroatoms. The molecule has 0 spiro atoms. The van der Waals surface area contributed by atoms with Crippen molar-refractivity contribution in [2.75, 3.05) is 6.61 Å². The van der Waals surface area contributed by atoms with Crippen molar-refractivity contribution in [1.29, 1.82) is 0 Å². The van der Waals surface area contributed by atoms with Crippen LogP contribution in [0.2, 0.25) is 5.15 Å². The van der Waals surface area contributed by atoms with Crippen molar-refractivity contribution >= 4 is 29.2 Å². The van der Waals surface area contributed by atoms with Gasteiger partial charge in [0, 0.05) is 13.8 Å². The Bertz CT molecular complexity index is 808. The van der Waals surface area contributed by atoms with Gasteiger partial charge in [0.1, 0.15) is 17.4 Å². The van der Waals surface area contributed by atoms with E-state index < -0.39 is 30.5 Å². The van der Waals surface area contributed by atoms with Crippen LogP contribution < -0.4 is 0 Å². The first kappa shape index (κ1) is 16.9. The van der Waals surface area contributed by atoms with E-state index in [-0.39, 0.29) is 5.15 Å². The van der Waals surface area contributed by atoms with Crippen molar-refractivity contribution in [3.05, 3.63) is 16.1 Å². The van der Waals surface area contributed by atoms with Gasteiger partial charge in [0.25, 0.3) is 0 Å². The number of fused-ring (bicyclic) bond motifs is 3. The van der Waals surface area contributed by atoms with Crippen LogP contribution in [0.3, 0.4) is 0 Å². The van der Waals surface area contributed by atoms with Gasteiger partial charge in [-0.25, -0.2) is 0 Å². The summed E-state index contributed by atoms with van der Waals surface area (Å²) < 4.78 is 2.57. The van der Waals surface area contributed by atoms with Gasteiger partial charge >= 0.3 is 0 Å². The van der Waals surface area contributed by atoms with Gasteiger partial charge in [0.15, 0.2) is 17.9 Å². The Labute approximate surface area is 140 Å². The van der Waals surface area contributed by atoms with E-state index in [0.717, 1.165) is 0 Å². The first-order valence-electron chi connectivity index (χ1n) is 7.06. The highest BCUT2D eigenvalue weighted by Gasteiger charge is 2.41. The summed E-state index contributed by atoms with van der Waals surface area (Å²) in [7, 11) is 0. The summed E-state index contributed by atoms with van der Waals surface area (Å²) >= 11 is 6.12. The van der Waals surface area contributed by atoms with Gasteiger partial charge < -0.3 is 25.9 Å². The zero-order chi connectivity index (χ0) is 17.6. The number of tetrazole rings is 1. The standard InChI is InChI=1S/C12H16ClN7O4/c1-12(2)7-8(10(13)16-20-11(7)14-17-18-20)15-19(12)3-5(22)9(24)6(23)4-21/h3,5-6,9,21-24H,4H2,1-2H3/b19-3+/t5-,6+,9-/m0/s1. The fraction of sp³-hybridized carbons (Fsp3) is 0.583. The van der Waals surface area contributed by atoms with Crippen molar-refractivity contribution in [2.45, 2.75) is 37.7 Å². The lowest BCUT2D eigenvalue weighted by atomic mass is 9.96. The third-order valence-corrected chi connectivity index (χ3v) is 4.16. The molecule has 24 heavy (non-hydrogen) atoms. The van der Waals surface area contributed by atoms with Crippen molar-refractivity contribution in [1.82, 2.24) is 25.3 Å². The first-order valence-corrected chi connectivity index (χ1v) is 7.44. The molecule has 130 valence electrons. The fourth-order valence-electron chi connectivity index (χ4n) is 2.53. The van der Waals surface area contributed by atoms with E-state index in [1.807, 2.05) is 0 Å². The Morgan fingerprint density at radius 3 is 2.75 bits per heavy atom. The summed E-state index contributed by atoms with van der Waals surface area (Å²) in [5, 5.41) is 53.4. The van der Waals surface area contributed by atoms with E-state index in [9.17, 15) is 15.3 Å². The zero-order valence-electron chi connectivity index (χ0n) is 12.8. The molecule has 0 saturated heterocycles. The predicted octanol–water partition coefficient (Wildman–Crippen LogP) is -1.50.